The zero-order valence-electron chi connectivity index (χ0n) is 13.4. The van der Waals surface area contributed by atoms with Gasteiger partial charge in [-0.3, -0.25) is 10.1 Å². The molecule has 0 fully saturated rings. The first-order valence-corrected chi connectivity index (χ1v) is 8.10. The number of carbonyl (C=O) groups is 1. The van der Waals surface area contributed by atoms with E-state index in [4.69, 9.17) is 21.1 Å². The summed E-state index contributed by atoms with van der Waals surface area (Å²) < 4.78 is 10.8. The van der Waals surface area contributed by atoms with Crippen molar-refractivity contribution in [1.82, 2.24) is 5.32 Å². The van der Waals surface area contributed by atoms with E-state index in [2.05, 4.69) is 10.6 Å². The first-order valence-electron chi connectivity index (χ1n) is 7.72. The van der Waals surface area contributed by atoms with E-state index in [0.717, 1.165) is 28.8 Å². The van der Waals surface area contributed by atoms with Gasteiger partial charge < -0.3 is 14.8 Å². The van der Waals surface area contributed by atoms with Crippen LogP contribution in [0.15, 0.2) is 30.3 Å². The van der Waals surface area contributed by atoms with Gasteiger partial charge in [0.1, 0.15) is 0 Å². The molecule has 5 nitrogen and oxygen atoms in total. The fraction of sp³-hybridized carbons (Fsp3) is 0.278. The number of nitrogens with one attached hydrogen (secondary N) is 2. The molecule has 24 heavy (non-hydrogen) atoms. The molecule has 0 saturated carbocycles. The number of fused-ring (bicyclic) bond motifs is 4. The molecule has 1 unspecified atom stereocenters. The molecule has 0 radical (unpaired) electrons. The summed E-state index contributed by atoms with van der Waals surface area (Å²) in [5.74, 6) is 1.16. The second kappa shape index (κ2) is 5.40. The molecule has 2 aromatic carbocycles. The van der Waals surface area contributed by atoms with Crippen LogP contribution in [0.5, 0.6) is 11.5 Å². The molecule has 2 aromatic rings. The predicted octanol–water partition coefficient (Wildman–Crippen LogP) is 2.70. The molecule has 6 heteroatoms. The summed E-state index contributed by atoms with van der Waals surface area (Å²) >= 11 is 6.20. The van der Waals surface area contributed by atoms with E-state index in [-0.39, 0.29) is 5.91 Å². The second-order valence-corrected chi connectivity index (χ2v) is 6.37. The molecular weight excluding hydrogens is 328 g/mol. The van der Waals surface area contributed by atoms with Crippen LogP contribution in [0, 0.1) is 0 Å². The van der Waals surface area contributed by atoms with Gasteiger partial charge >= 0.3 is 0 Å². The van der Waals surface area contributed by atoms with E-state index in [1.54, 1.807) is 20.3 Å². The normalized spacial score (nSPS) is 21.2. The third kappa shape index (κ3) is 1.95. The second-order valence-electron chi connectivity index (χ2n) is 5.94. The van der Waals surface area contributed by atoms with E-state index in [9.17, 15) is 4.79 Å². The first kappa shape index (κ1) is 15.3. The number of hydrogen-bond acceptors (Lipinski definition) is 4. The first-order chi connectivity index (χ1) is 11.6. The fourth-order valence-electron chi connectivity index (χ4n) is 3.67. The predicted molar refractivity (Wildman–Crippen MR) is 92.1 cm³/mol. The minimum Gasteiger partial charge on any atom is -0.493 e. The van der Waals surface area contributed by atoms with Crippen molar-refractivity contribution in [2.24, 2.45) is 0 Å². The summed E-state index contributed by atoms with van der Waals surface area (Å²) in [6.07, 6.45) is 0.806. The van der Waals surface area contributed by atoms with Crippen molar-refractivity contribution in [3.8, 4) is 11.5 Å². The lowest BCUT2D eigenvalue weighted by Crippen LogP contribution is -2.52. The van der Waals surface area contributed by atoms with Crippen molar-refractivity contribution in [2.45, 2.75) is 12.0 Å². The van der Waals surface area contributed by atoms with Crippen LogP contribution < -0.4 is 20.1 Å². The number of benzene rings is 2. The molecule has 4 rings (SSSR count). The van der Waals surface area contributed by atoms with Gasteiger partial charge in [0.2, 0.25) is 0 Å². The Kier molecular flexibility index (Phi) is 3.44. The van der Waals surface area contributed by atoms with Crippen LogP contribution in [0.3, 0.4) is 0 Å². The van der Waals surface area contributed by atoms with Crippen molar-refractivity contribution >= 4 is 23.2 Å². The van der Waals surface area contributed by atoms with Crippen LogP contribution in [-0.2, 0) is 16.8 Å². The maximum Gasteiger partial charge on any atom is 0.254 e. The molecule has 1 amide bonds. The third-order valence-electron chi connectivity index (χ3n) is 4.77. The summed E-state index contributed by atoms with van der Waals surface area (Å²) in [6, 6.07) is 9.29. The van der Waals surface area contributed by atoms with Crippen LogP contribution in [0.2, 0.25) is 5.02 Å². The van der Waals surface area contributed by atoms with E-state index in [0.29, 0.717) is 23.1 Å². The Morgan fingerprint density at radius 1 is 1.08 bits per heavy atom. The number of rotatable bonds is 2. The summed E-state index contributed by atoms with van der Waals surface area (Å²) in [4.78, 5) is 12.9. The van der Waals surface area contributed by atoms with Crippen LogP contribution in [0.25, 0.3) is 0 Å². The van der Waals surface area contributed by atoms with E-state index >= 15 is 0 Å². The highest BCUT2D eigenvalue weighted by molar-refractivity contribution is 6.31. The van der Waals surface area contributed by atoms with Gasteiger partial charge in [0.05, 0.1) is 14.2 Å². The highest BCUT2D eigenvalue weighted by atomic mass is 35.5. The number of methoxy groups -OCH3 is 2. The monoisotopic (exact) mass is 344 g/mol. The smallest absolute Gasteiger partial charge is 0.254 e. The number of hydrogen-bond donors (Lipinski definition) is 2. The average Bonchev–Trinajstić information content (AvgIpc) is 2.86. The van der Waals surface area contributed by atoms with Gasteiger partial charge in [0, 0.05) is 22.8 Å². The van der Waals surface area contributed by atoms with Crippen molar-refractivity contribution in [3.63, 3.8) is 0 Å². The summed E-state index contributed by atoms with van der Waals surface area (Å²) in [5, 5.41) is 6.96. The van der Waals surface area contributed by atoms with Crippen molar-refractivity contribution in [3.05, 3.63) is 52.0 Å². The van der Waals surface area contributed by atoms with Crippen LogP contribution in [-0.4, -0.2) is 26.7 Å². The standard InChI is InChI=1S/C18H17ClN2O3/c1-23-15-7-10-5-6-20-18(12(10)9-16(15)24-2)13-8-11(19)3-4-14(13)21-17(18)22/h3-4,7-9,20H,5-6H2,1-2H3,(H,21,22). The quantitative estimate of drug-likeness (QED) is 0.879. The Labute approximate surface area is 144 Å². The topological polar surface area (TPSA) is 59.6 Å². The summed E-state index contributed by atoms with van der Waals surface area (Å²) in [7, 11) is 3.20. The highest BCUT2D eigenvalue weighted by Crippen LogP contribution is 2.47. The largest absolute Gasteiger partial charge is 0.493 e. The maximum absolute atomic E-state index is 12.9. The van der Waals surface area contributed by atoms with Gasteiger partial charge in [-0.15, -0.1) is 0 Å². The van der Waals surface area contributed by atoms with Gasteiger partial charge in [-0.25, -0.2) is 0 Å². The Morgan fingerprint density at radius 2 is 1.83 bits per heavy atom. The van der Waals surface area contributed by atoms with Gasteiger partial charge in [-0.1, -0.05) is 11.6 Å². The highest BCUT2D eigenvalue weighted by Gasteiger charge is 2.51. The van der Waals surface area contributed by atoms with Crippen molar-refractivity contribution in [1.29, 1.82) is 0 Å². The number of carbonyl (C=O) groups excluding carboxylic acids is 1. The molecule has 124 valence electrons. The van der Waals surface area contributed by atoms with Crippen LogP contribution in [0.4, 0.5) is 5.69 Å². The fourth-order valence-corrected chi connectivity index (χ4v) is 3.85. The van der Waals surface area contributed by atoms with Gasteiger partial charge in [0.25, 0.3) is 5.91 Å². The van der Waals surface area contributed by atoms with E-state index < -0.39 is 5.54 Å². The summed E-state index contributed by atoms with van der Waals surface area (Å²) in [5.41, 5.74) is 2.61. The lowest BCUT2D eigenvalue weighted by Gasteiger charge is -2.36. The van der Waals surface area contributed by atoms with Crippen molar-refractivity contribution in [2.75, 3.05) is 26.1 Å². The molecule has 2 aliphatic heterocycles. The Balaban J connectivity index is 2.00. The molecule has 0 bridgehead atoms. The lowest BCUT2D eigenvalue weighted by molar-refractivity contribution is -0.120. The molecule has 1 atom stereocenters. The molecule has 2 aliphatic rings. The van der Waals surface area contributed by atoms with E-state index in [1.165, 1.54) is 0 Å². The van der Waals surface area contributed by atoms with Crippen LogP contribution >= 0.6 is 11.6 Å². The number of halogens is 1. The Morgan fingerprint density at radius 3 is 2.58 bits per heavy atom. The van der Waals surface area contributed by atoms with Gasteiger partial charge in [-0.05, 0) is 47.9 Å². The SMILES string of the molecule is COc1cc2c(cc1OC)C1(NCC2)C(=O)Nc2ccc(Cl)cc21. The van der Waals surface area contributed by atoms with Crippen molar-refractivity contribution < 1.29 is 14.3 Å². The molecule has 2 N–H and O–H groups in total. The zero-order valence-corrected chi connectivity index (χ0v) is 14.2. The average molecular weight is 345 g/mol. The van der Waals surface area contributed by atoms with Gasteiger partial charge in [-0.2, -0.15) is 0 Å². The molecule has 0 aromatic heterocycles. The number of amides is 1. The lowest BCUT2D eigenvalue weighted by atomic mass is 9.78. The molecule has 1 spiro atoms. The molecular formula is C18H17ClN2O3. The number of ether oxygens (including phenoxy) is 2. The molecule has 0 saturated heterocycles. The zero-order chi connectivity index (χ0) is 16.9. The third-order valence-corrected chi connectivity index (χ3v) is 5.01. The van der Waals surface area contributed by atoms with E-state index in [1.807, 2.05) is 24.3 Å². The minimum atomic E-state index is -0.951. The summed E-state index contributed by atoms with van der Waals surface area (Å²) in [6.45, 7) is 0.682. The molecule has 0 aliphatic carbocycles. The van der Waals surface area contributed by atoms with Gasteiger partial charge in [0.15, 0.2) is 17.0 Å². The van der Waals surface area contributed by atoms with Crippen LogP contribution in [0.1, 0.15) is 16.7 Å². The Bertz CT molecular complexity index is 852. The molecule has 2 heterocycles. The maximum atomic E-state index is 12.9. The number of anilines is 1. The minimum absolute atomic E-state index is 0.104. The Hall–Kier alpha value is -2.24.